The summed E-state index contributed by atoms with van der Waals surface area (Å²) in [4.78, 5) is 14.9. The van der Waals surface area contributed by atoms with E-state index < -0.39 is 0 Å². The topological polar surface area (TPSA) is 75.3 Å². The van der Waals surface area contributed by atoms with Gasteiger partial charge in [-0.2, -0.15) is 0 Å². The molecule has 0 bridgehead atoms. The maximum Gasteiger partial charge on any atom is 0.163 e. The van der Waals surface area contributed by atoms with Gasteiger partial charge in [0.15, 0.2) is 17.3 Å². The Hall–Kier alpha value is -2.58. The lowest BCUT2D eigenvalue weighted by molar-refractivity contribution is 0.356. The third-order valence-corrected chi connectivity index (χ3v) is 5.55. The van der Waals surface area contributed by atoms with Gasteiger partial charge in [0.2, 0.25) is 0 Å². The monoisotopic (exact) mass is 385 g/mol. The van der Waals surface area contributed by atoms with Crippen LogP contribution >= 0.6 is 11.3 Å². The van der Waals surface area contributed by atoms with E-state index in [9.17, 15) is 0 Å². The molecule has 3 heterocycles. The minimum atomic E-state index is 0.661. The van der Waals surface area contributed by atoms with Crippen molar-refractivity contribution < 1.29 is 9.47 Å². The van der Waals surface area contributed by atoms with Gasteiger partial charge in [0, 0.05) is 31.8 Å². The van der Waals surface area contributed by atoms with E-state index in [1.54, 1.807) is 25.6 Å². The van der Waals surface area contributed by atoms with E-state index >= 15 is 0 Å². The first-order valence-electron chi connectivity index (χ1n) is 8.84. The van der Waals surface area contributed by atoms with E-state index in [0.29, 0.717) is 11.5 Å². The maximum atomic E-state index is 5.37. The molecule has 8 heteroatoms. The summed E-state index contributed by atoms with van der Waals surface area (Å²) in [5.41, 5.74) is 5.82. The van der Waals surface area contributed by atoms with Crippen molar-refractivity contribution in [1.29, 1.82) is 0 Å². The summed E-state index contributed by atoms with van der Waals surface area (Å²) in [6.07, 6.45) is 3.40. The van der Waals surface area contributed by atoms with Gasteiger partial charge in [-0.3, -0.25) is 0 Å². The number of nitrogens with one attached hydrogen (secondary N) is 2. The van der Waals surface area contributed by atoms with Gasteiger partial charge in [-0.15, -0.1) is 11.3 Å². The molecular weight excluding hydrogens is 362 g/mol. The van der Waals surface area contributed by atoms with Crippen LogP contribution in [0.15, 0.2) is 29.3 Å². The van der Waals surface area contributed by atoms with Crippen LogP contribution in [0, 0.1) is 0 Å². The van der Waals surface area contributed by atoms with Gasteiger partial charge in [0.1, 0.15) is 10.7 Å². The average molecular weight is 385 g/mol. The molecule has 0 radical (unpaired) electrons. The Bertz CT molecular complexity index is 937. The number of aromatic amines is 1. The number of aromatic nitrogens is 3. The number of ether oxygens (including phenoxy) is 2. The molecule has 142 valence electrons. The molecule has 0 atom stereocenters. The molecular formula is C19H23N5O2S. The molecule has 0 fully saturated rings. The van der Waals surface area contributed by atoms with E-state index in [2.05, 4.69) is 33.3 Å². The lowest BCUT2D eigenvalue weighted by Crippen LogP contribution is -2.25. The van der Waals surface area contributed by atoms with Crippen molar-refractivity contribution in [2.75, 3.05) is 46.2 Å². The second kappa shape index (κ2) is 7.58. The second-order valence-corrected chi connectivity index (χ2v) is 7.42. The summed E-state index contributed by atoms with van der Waals surface area (Å²) in [5, 5.41) is 4.55. The number of thiazole rings is 1. The SMILES string of the molecule is COc1cc2nc(-c3ncsc3NCC3=CCN(C)CC3)[nH]c2cc1OC. The Morgan fingerprint density at radius 3 is 2.81 bits per heavy atom. The number of methoxy groups -OCH3 is 2. The Labute approximate surface area is 162 Å². The van der Waals surface area contributed by atoms with Gasteiger partial charge in [0.05, 0.1) is 30.8 Å². The average Bonchev–Trinajstić information content (AvgIpc) is 3.32. The molecule has 2 aromatic heterocycles. The fraction of sp³-hybridized carbons (Fsp3) is 0.368. The number of anilines is 1. The molecule has 0 spiro atoms. The quantitative estimate of drug-likeness (QED) is 0.634. The highest BCUT2D eigenvalue weighted by Gasteiger charge is 2.16. The number of likely N-dealkylation sites (N-methyl/N-ethyl adjacent to an activating group) is 1. The minimum Gasteiger partial charge on any atom is -0.493 e. The number of hydrogen-bond donors (Lipinski definition) is 2. The summed E-state index contributed by atoms with van der Waals surface area (Å²) in [6.45, 7) is 2.96. The van der Waals surface area contributed by atoms with Crippen molar-refractivity contribution in [1.82, 2.24) is 19.9 Å². The van der Waals surface area contributed by atoms with Gasteiger partial charge in [-0.1, -0.05) is 11.6 Å². The third kappa shape index (κ3) is 3.63. The van der Waals surface area contributed by atoms with Crippen LogP contribution in [0.2, 0.25) is 0 Å². The zero-order valence-corrected chi connectivity index (χ0v) is 16.5. The number of H-pyrrole nitrogens is 1. The maximum absolute atomic E-state index is 5.37. The van der Waals surface area contributed by atoms with Crippen molar-refractivity contribution in [3.05, 3.63) is 29.3 Å². The zero-order chi connectivity index (χ0) is 18.8. The van der Waals surface area contributed by atoms with Gasteiger partial charge >= 0.3 is 0 Å². The van der Waals surface area contributed by atoms with E-state index in [1.165, 1.54) is 5.57 Å². The van der Waals surface area contributed by atoms with E-state index in [4.69, 9.17) is 14.5 Å². The largest absolute Gasteiger partial charge is 0.493 e. The van der Waals surface area contributed by atoms with Gasteiger partial charge in [-0.05, 0) is 13.5 Å². The Kier molecular flexibility index (Phi) is 5.00. The smallest absolute Gasteiger partial charge is 0.163 e. The van der Waals surface area contributed by atoms with E-state index in [0.717, 1.165) is 53.6 Å². The van der Waals surface area contributed by atoms with Crippen molar-refractivity contribution in [2.24, 2.45) is 0 Å². The predicted octanol–water partition coefficient (Wildman–Crippen LogP) is 3.38. The normalized spacial score (nSPS) is 15.0. The molecule has 0 unspecified atom stereocenters. The van der Waals surface area contributed by atoms with Crippen molar-refractivity contribution in [2.45, 2.75) is 6.42 Å². The number of nitrogens with zero attached hydrogens (tertiary/aromatic N) is 3. The molecule has 3 aromatic rings. The molecule has 2 N–H and O–H groups in total. The van der Waals surface area contributed by atoms with Crippen LogP contribution in [0.25, 0.3) is 22.6 Å². The molecule has 1 aliphatic heterocycles. The summed E-state index contributed by atoms with van der Waals surface area (Å²) < 4.78 is 10.7. The lowest BCUT2D eigenvalue weighted by atomic mass is 10.1. The molecule has 4 rings (SSSR count). The summed E-state index contributed by atoms with van der Waals surface area (Å²) in [6, 6.07) is 3.77. The van der Waals surface area contributed by atoms with Crippen LogP contribution in [0.4, 0.5) is 5.00 Å². The summed E-state index contributed by atoms with van der Waals surface area (Å²) in [7, 11) is 5.39. The molecule has 0 saturated carbocycles. The lowest BCUT2D eigenvalue weighted by Gasteiger charge is -2.22. The molecule has 0 amide bonds. The first-order valence-corrected chi connectivity index (χ1v) is 9.72. The molecule has 27 heavy (non-hydrogen) atoms. The Morgan fingerprint density at radius 2 is 2.07 bits per heavy atom. The highest BCUT2D eigenvalue weighted by Crippen LogP contribution is 2.34. The van der Waals surface area contributed by atoms with Crippen LogP contribution in [0.1, 0.15) is 6.42 Å². The standard InChI is InChI=1S/C19H23N5O2S/c1-24-6-4-12(5-7-24)10-20-19-17(21-11-27-19)18-22-13-8-15(25-2)16(26-3)9-14(13)23-18/h4,8-9,11,20H,5-7,10H2,1-3H3,(H,22,23). The molecule has 1 aliphatic rings. The molecule has 7 nitrogen and oxygen atoms in total. The molecule has 0 aliphatic carbocycles. The first-order chi connectivity index (χ1) is 13.2. The van der Waals surface area contributed by atoms with Gasteiger partial charge in [-0.25, -0.2) is 9.97 Å². The minimum absolute atomic E-state index is 0.661. The zero-order valence-electron chi connectivity index (χ0n) is 15.7. The first kappa shape index (κ1) is 17.8. The van der Waals surface area contributed by atoms with Crippen molar-refractivity contribution in [3.63, 3.8) is 0 Å². The van der Waals surface area contributed by atoms with Crippen LogP contribution < -0.4 is 14.8 Å². The van der Waals surface area contributed by atoms with Crippen molar-refractivity contribution >= 4 is 27.4 Å². The highest BCUT2D eigenvalue weighted by atomic mass is 32.1. The predicted molar refractivity (Wildman–Crippen MR) is 109 cm³/mol. The summed E-state index contributed by atoms with van der Waals surface area (Å²) >= 11 is 1.59. The number of rotatable bonds is 6. The van der Waals surface area contributed by atoms with E-state index in [-0.39, 0.29) is 0 Å². The second-order valence-electron chi connectivity index (χ2n) is 6.57. The van der Waals surface area contributed by atoms with Gasteiger partial charge < -0.3 is 24.7 Å². The van der Waals surface area contributed by atoms with Gasteiger partial charge in [0.25, 0.3) is 0 Å². The van der Waals surface area contributed by atoms with E-state index in [1.807, 2.05) is 17.6 Å². The number of benzene rings is 1. The number of fused-ring (bicyclic) bond motifs is 1. The van der Waals surface area contributed by atoms with Crippen LogP contribution in [-0.4, -0.2) is 60.8 Å². The Morgan fingerprint density at radius 1 is 1.26 bits per heavy atom. The fourth-order valence-electron chi connectivity index (χ4n) is 3.16. The third-order valence-electron chi connectivity index (χ3n) is 4.76. The van der Waals surface area contributed by atoms with Crippen LogP contribution in [0.3, 0.4) is 0 Å². The Balaban J connectivity index is 1.58. The highest BCUT2D eigenvalue weighted by molar-refractivity contribution is 7.14. The van der Waals surface area contributed by atoms with Crippen LogP contribution in [-0.2, 0) is 0 Å². The molecule has 0 saturated heterocycles. The number of imidazole rings is 1. The molecule has 1 aromatic carbocycles. The fourth-order valence-corrected chi connectivity index (χ4v) is 3.84. The number of hydrogen-bond acceptors (Lipinski definition) is 7. The van der Waals surface area contributed by atoms with Crippen LogP contribution in [0.5, 0.6) is 11.5 Å². The summed E-state index contributed by atoms with van der Waals surface area (Å²) in [5.74, 6) is 2.07. The van der Waals surface area contributed by atoms with Crippen molar-refractivity contribution in [3.8, 4) is 23.0 Å².